The molecule has 0 bridgehead atoms. The lowest BCUT2D eigenvalue weighted by Gasteiger charge is -2.20. The van der Waals surface area contributed by atoms with Crippen molar-refractivity contribution in [1.29, 1.82) is 0 Å². The number of nitrogens with one attached hydrogen (secondary N) is 1. The van der Waals surface area contributed by atoms with E-state index in [1.54, 1.807) is 19.2 Å². The second kappa shape index (κ2) is 10.4. The first-order valence-electron chi connectivity index (χ1n) is 9.41. The molecular formula is C22H22BrN3O3S. The highest BCUT2D eigenvalue weighted by Gasteiger charge is 2.18. The van der Waals surface area contributed by atoms with Crippen LogP contribution in [0.3, 0.4) is 0 Å². The molecule has 3 rings (SSSR count). The Bertz CT molecular complexity index is 1040. The topological polar surface area (TPSA) is 71.5 Å². The molecule has 0 radical (unpaired) electrons. The molecule has 0 saturated carbocycles. The molecule has 0 saturated heterocycles. The van der Waals surface area contributed by atoms with Gasteiger partial charge < -0.3 is 15.0 Å². The molecule has 1 N–H and O–H groups in total. The van der Waals surface area contributed by atoms with Crippen LogP contribution in [0.5, 0.6) is 5.75 Å². The van der Waals surface area contributed by atoms with Crippen molar-refractivity contribution in [2.75, 3.05) is 25.5 Å². The molecule has 1 heterocycles. The monoisotopic (exact) mass is 487 g/mol. The molecule has 0 fully saturated rings. The summed E-state index contributed by atoms with van der Waals surface area (Å²) in [5.74, 6) is 0.157. The van der Waals surface area contributed by atoms with Crippen LogP contribution in [0.4, 0.5) is 5.69 Å². The van der Waals surface area contributed by atoms with Gasteiger partial charge in [0.2, 0.25) is 11.8 Å². The molecule has 8 heteroatoms. The molecular weight excluding hydrogens is 466 g/mol. The molecule has 0 aliphatic rings. The number of hydrogen-bond acceptors (Lipinski definition) is 5. The maximum absolute atomic E-state index is 12.7. The summed E-state index contributed by atoms with van der Waals surface area (Å²) in [5, 5.41) is 5.54. The lowest BCUT2D eigenvalue weighted by molar-refractivity contribution is -0.133. The number of ether oxygens (including phenoxy) is 1. The van der Waals surface area contributed by atoms with Gasteiger partial charge in [-0.05, 0) is 31.2 Å². The van der Waals surface area contributed by atoms with Gasteiger partial charge in [0.1, 0.15) is 10.8 Å². The summed E-state index contributed by atoms with van der Waals surface area (Å²) in [5.41, 5.74) is 2.27. The lowest BCUT2D eigenvalue weighted by atomic mass is 10.2. The minimum absolute atomic E-state index is 0.0317. The third-order valence-electron chi connectivity index (χ3n) is 4.41. The number of aromatic nitrogens is 1. The van der Waals surface area contributed by atoms with Crippen LogP contribution in [0.1, 0.15) is 12.6 Å². The molecule has 0 aliphatic carbocycles. The molecule has 0 aliphatic heterocycles. The number of carbonyl (C=O) groups is 2. The number of halogens is 1. The van der Waals surface area contributed by atoms with Crippen molar-refractivity contribution >= 4 is 44.8 Å². The second-order valence-corrected chi connectivity index (χ2v) is 8.26. The van der Waals surface area contributed by atoms with Gasteiger partial charge in [-0.3, -0.25) is 9.59 Å². The predicted molar refractivity (Wildman–Crippen MR) is 123 cm³/mol. The van der Waals surface area contributed by atoms with Gasteiger partial charge >= 0.3 is 0 Å². The molecule has 30 heavy (non-hydrogen) atoms. The number of likely N-dealkylation sites (N-methyl/N-ethyl adjacent to an activating group) is 1. The summed E-state index contributed by atoms with van der Waals surface area (Å²) >= 11 is 4.96. The standard InChI is InChI=1S/C22H22BrN3O3S/c1-3-26(13-20(27)25-18-9-4-5-10-19(18)29-2)21(28)12-17-14-30-22(24-17)15-7-6-8-16(23)11-15/h4-11,14H,3,12-13H2,1-2H3,(H,25,27). The number of nitrogens with zero attached hydrogens (tertiary/aromatic N) is 2. The maximum atomic E-state index is 12.7. The number of hydrogen-bond donors (Lipinski definition) is 1. The minimum atomic E-state index is -0.275. The largest absolute Gasteiger partial charge is 0.495 e. The number of methoxy groups -OCH3 is 1. The average molecular weight is 488 g/mol. The third kappa shape index (κ3) is 5.67. The predicted octanol–water partition coefficient (Wildman–Crippen LogP) is 4.61. The molecule has 6 nitrogen and oxygen atoms in total. The molecule has 0 unspecified atom stereocenters. The van der Waals surface area contributed by atoms with Crippen LogP contribution in [0.15, 0.2) is 58.4 Å². The van der Waals surface area contributed by atoms with Crippen LogP contribution in [-0.2, 0) is 16.0 Å². The number of thiazole rings is 1. The summed E-state index contributed by atoms with van der Waals surface area (Å²) in [7, 11) is 1.54. The van der Waals surface area contributed by atoms with E-state index in [1.165, 1.54) is 16.2 Å². The van der Waals surface area contributed by atoms with Crippen LogP contribution in [0.25, 0.3) is 10.6 Å². The van der Waals surface area contributed by atoms with Gasteiger partial charge in [-0.25, -0.2) is 4.98 Å². The van der Waals surface area contributed by atoms with Crippen LogP contribution in [0, 0.1) is 0 Å². The van der Waals surface area contributed by atoms with Gasteiger partial charge in [0.25, 0.3) is 0 Å². The van der Waals surface area contributed by atoms with Crippen LogP contribution >= 0.6 is 27.3 Å². The Labute approximate surface area is 188 Å². The first kappa shape index (κ1) is 22.0. The van der Waals surface area contributed by atoms with Gasteiger partial charge in [0.05, 0.1) is 31.5 Å². The summed E-state index contributed by atoms with van der Waals surface area (Å²) in [6, 6.07) is 15.0. The first-order chi connectivity index (χ1) is 14.5. The van der Waals surface area contributed by atoms with E-state index in [0.717, 1.165) is 15.0 Å². The van der Waals surface area contributed by atoms with E-state index in [2.05, 4.69) is 26.2 Å². The van der Waals surface area contributed by atoms with E-state index in [0.29, 0.717) is 23.7 Å². The Balaban J connectivity index is 1.61. The van der Waals surface area contributed by atoms with E-state index in [-0.39, 0.29) is 24.8 Å². The van der Waals surface area contributed by atoms with Crippen molar-refractivity contribution in [3.8, 4) is 16.3 Å². The van der Waals surface area contributed by atoms with Crippen molar-refractivity contribution in [2.24, 2.45) is 0 Å². The van der Waals surface area contributed by atoms with Gasteiger partial charge in [-0.1, -0.05) is 40.2 Å². The van der Waals surface area contributed by atoms with E-state index < -0.39 is 0 Å². The molecule has 0 spiro atoms. The molecule has 0 atom stereocenters. The van der Waals surface area contributed by atoms with E-state index in [9.17, 15) is 9.59 Å². The lowest BCUT2D eigenvalue weighted by Crippen LogP contribution is -2.38. The number of carbonyl (C=O) groups excluding carboxylic acids is 2. The average Bonchev–Trinajstić information content (AvgIpc) is 3.21. The Morgan fingerprint density at radius 3 is 2.73 bits per heavy atom. The van der Waals surface area contributed by atoms with Gasteiger partial charge in [-0.2, -0.15) is 0 Å². The highest BCUT2D eigenvalue weighted by molar-refractivity contribution is 9.10. The zero-order valence-corrected chi connectivity index (χ0v) is 19.1. The molecule has 2 amide bonds. The van der Waals surface area contributed by atoms with Crippen LogP contribution < -0.4 is 10.1 Å². The Morgan fingerprint density at radius 2 is 2.00 bits per heavy atom. The van der Waals surface area contributed by atoms with E-state index >= 15 is 0 Å². The molecule has 1 aromatic heterocycles. The van der Waals surface area contributed by atoms with Crippen molar-refractivity contribution in [2.45, 2.75) is 13.3 Å². The number of benzene rings is 2. The van der Waals surface area contributed by atoms with Gasteiger partial charge in [-0.15, -0.1) is 11.3 Å². The highest BCUT2D eigenvalue weighted by atomic mass is 79.9. The van der Waals surface area contributed by atoms with Crippen molar-refractivity contribution in [1.82, 2.24) is 9.88 Å². The van der Waals surface area contributed by atoms with E-state index in [4.69, 9.17) is 4.74 Å². The molecule has 156 valence electrons. The zero-order chi connectivity index (χ0) is 21.5. The number of para-hydroxylation sites is 2. The Hall–Kier alpha value is -2.71. The number of amides is 2. The smallest absolute Gasteiger partial charge is 0.244 e. The van der Waals surface area contributed by atoms with Crippen molar-refractivity contribution in [3.05, 3.63) is 64.1 Å². The van der Waals surface area contributed by atoms with Crippen LogP contribution in [0.2, 0.25) is 0 Å². The summed E-state index contributed by atoms with van der Waals surface area (Å²) in [6.07, 6.45) is 0.153. The fourth-order valence-corrected chi connectivity index (χ4v) is 4.11. The maximum Gasteiger partial charge on any atom is 0.244 e. The molecule has 2 aromatic carbocycles. The number of rotatable bonds is 8. The normalized spacial score (nSPS) is 10.5. The van der Waals surface area contributed by atoms with Crippen molar-refractivity contribution in [3.63, 3.8) is 0 Å². The number of anilines is 1. The van der Waals surface area contributed by atoms with Crippen LogP contribution in [-0.4, -0.2) is 41.9 Å². The summed E-state index contributed by atoms with van der Waals surface area (Å²) in [6.45, 7) is 2.25. The zero-order valence-electron chi connectivity index (χ0n) is 16.7. The quantitative estimate of drug-likeness (QED) is 0.503. The summed E-state index contributed by atoms with van der Waals surface area (Å²) < 4.78 is 6.22. The van der Waals surface area contributed by atoms with Gasteiger partial charge in [0.15, 0.2) is 0 Å². The first-order valence-corrected chi connectivity index (χ1v) is 11.1. The second-order valence-electron chi connectivity index (χ2n) is 6.49. The van der Waals surface area contributed by atoms with E-state index in [1.807, 2.05) is 48.7 Å². The fourth-order valence-electron chi connectivity index (χ4n) is 2.90. The van der Waals surface area contributed by atoms with Gasteiger partial charge in [0, 0.05) is 22.0 Å². The Morgan fingerprint density at radius 1 is 1.20 bits per heavy atom. The highest BCUT2D eigenvalue weighted by Crippen LogP contribution is 2.26. The SMILES string of the molecule is CCN(CC(=O)Nc1ccccc1OC)C(=O)Cc1csc(-c2cccc(Br)c2)n1. The van der Waals surface area contributed by atoms with Crippen molar-refractivity contribution < 1.29 is 14.3 Å². The minimum Gasteiger partial charge on any atom is -0.495 e. The Kier molecular flexibility index (Phi) is 7.59. The summed E-state index contributed by atoms with van der Waals surface area (Å²) in [4.78, 5) is 31.3. The fraction of sp³-hybridized carbons (Fsp3) is 0.227. The third-order valence-corrected chi connectivity index (χ3v) is 5.84. The molecule has 3 aromatic rings.